The van der Waals surface area contributed by atoms with E-state index in [1.807, 2.05) is 30.5 Å². The van der Waals surface area contributed by atoms with Gasteiger partial charge in [-0.1, -0.05) is 43.2 Å². The van der Waals surface area contributed by atoms with Crippen molar-refractivity contribution in [1.29, 1.82) is 0 Å². The second kappa shape index (κ2) is 21.9. The summed E-state index contributed by atoms with van der Waals surface area (Å²) in [5.74, 6) is -1.05. The predicted molar refractivity (Wildman–Crippen MR) is 147 cm³/mol. The first-order valence-corrected chi connectivity index (χ1v) is 11.6. The monoisotopic (exact) mass is 542 g/mol. The number of nitrogens with two attached hydrogens (primary N) is 1. The van der Waals surface area contributed by atoms with E-state index in [1.54, 1.807) is 6.08 Å². The zero-order valence-corrected chi connectivity index (χ0v) is 21.8. The van der Waals surface area contributed by atoms with Crippen LogP contribution in [0.5, 0.6) is 0 Å². The number of halogens is 5. The number of allylic oxidation sites excluding steroid dienone is 5. The van der Waals surface area contributed by atoms with Crippen LogP contribution in [0.15, 0.2) is 71.5 Å². The highest BCUT2D eigenvalue weighted by Gasteiger charge is 2.31. The third-order valence-corrected chi connectivity index (χ3v) is 4.85. The van der Waals surface area contributed by atoms with Gasteiger partial charge >= 0.3 is 6.18 Å². The maximum Gasteiger partial charge on any atom is 0.416 e. The fourth-order valence-electron chi connectivity index (χ4n) is 2.94. The molecule has 5 nitrogen and oxygen atoms in total. The molecule has 0 unspecified atom stereocenters. The molecule has 1 aromatic carbocycles. The first kappa shape index (κ1) is 35.8. The number of carbonyl (C=O) groups is 1. The summed E-state index contributed by atoms with van der Waals surface area (Å²) in [5.41, 5.74) is 4.76. The predicted octanol–water partition coefficient (Wildman–Crippen LogP) is 6.94. The largest absolute Gasteiger partial charge is 0.416 e. The topological polar surface area (TPSA) is 79.5 Å². The lowest BCUT2D eigenvalue weighted by atomic mass is 10.2. The summed E-state index contributed by atoms with van der Waals surface area (Å²) < 4.78 is 48.9. The van der Waals surface area contributed by atoms with E-state index in [9.17, 15) is 22.4 Å². The lowest BCUT2D eigenvalue weighted by molar-refractivity contribution is -0.137. The van der Waals surface area contributed by atoms with Crippen LogP contribution in [0.1, 0.15) is 44.6 Å². The minimum Gasteiger partial charge on any atom is -0.403 e. The van der Waals surface area contributed by atoms with Gasteiger partial charge in [-0.25, -0.2) is 4.39 Å². The van der Waals surface area contributed by atoms with Crippen molar-refractivity contribution in [3.05, 3.63) is 77.9 Å². The summed E-state index contributed by atoms with van der Waals surface area (Å²) in [4.78, 5) is 14.0. The number of amides is 1. The highest BCUT2D eigenvalue weighted by atomic mass is 35.5. The van der Waals surface area contributed by atoms with E-state index in [1.165, 1.54) is 38.1 Å². The zero-order chi connectivity index (χ0) is 28.7. The fourth-order valence-corrected chi connectivity index (χ4v) is 3.03. The van der Waals surface area contributed by atoms with E-state index in [0.29, 0.717) is 23.6 Å². The minimum atomic E-state index is -4.62. The molecule has 0 heterocycles. The number of hydrogen-bond acceptors (Lipinski definition) is 4. The number of carbonyl (C=O) groups excluding carboxylic acids is 1. The van der Waals surface area contributed by atoms with Crippen LogP contribution in [0.2, 0.25) is 0 Å². The number of alkyl halides is 3. The highest BCUT2D eigenvalue weighted by Crippen LogP contribution is 2.31. The summed E-state index contributed by atoms with van der Waals surface area (Å²) >= 11 is 5.67. The lowest BCUT2D eigenvalue weighted by Gasteiger charge is -2.08. The Hall–Kier alpha value is -3.35. The summed E-state index contributed by atoms with van der Waals surface area (Å²) in [7, 11) is 2.05. The van der Waals surface area contributed by atoms with Gasteiger partial charge in [0, 0.05) is 36.3 Å². The van der Waals surface area contributed by atoms with Crippen LogP contribution in [0.3, 0.4) is 0 Å². The van der Waals surface area contributed by atoms with Crippen LogP contribution >= 0.6 is 11.6 Å². The number of nitrogens with zero attached hydrogens (tertiary/aromatic N) is 1. The van der Waals surface area contributed by atoms with E-state index in [0.717, 1.165) is 17.8 Å². The Bertz CT molecular complexity index is 932. The molecule has 204 valence electrons. The van der Waals surface area contributed by atoms with Gasteiger partial charge in [-0.2, -0.15) is 13.2 Å². The average molecular weight is 543 g/mol. The number of rotatable bonds is 8. The number of anilines is 1. The quantitative estimate of drug-likeness (QED) is 0.109. The van der Waals surface area contributed by atoms with Crippen molar-refractivity contribution in [2.75, 3.05) is 12.4 Å². The molecule has 0 bridgehead atoms. The third kappa shape index (κ3) is 18.6. The van der Waals surface area contributed by atoms with Crippen LogP contribution < -0.4 is 16.4 Å². The van der Waals surface area contributed by atoms with Crippen LogP contribution in [0, 0.1) is 18.7 Å². The molecule has 0 saturated heterocycles. The van der Waals surface area contributed by atoms with Gasteiger partial charge < -0.3 is 16.4 Å². The van der Waals surface area contributed by atoms with Crippen molar-refractivity contribution in [3.8, 4) is 12.8 Å². The van der Waals surface area contributed by atoms with Crippen LogP contribution in [0.25, 0.3) is 0 Å². The Morgan fingerprint density at radius 1 is 1.24 bits per heavy atom. The molecular formula is C27H35ClF4N4O. The second-order valence-electron chi connectivity index (χ2n) is 7.22. The van der Waals surface area contributed by atoms with Gasteiger partial charge in [0.1, 0.15) is 5.82 Å². The number of benzene rings is 1. The number of aliphatic imine (C=N–C) groups is 1. The Labute approximate surface area is 222 Å². The molecular weight excluding hydrogens is 508 g/mol. The number of terminal acetylenes is 1. The minimum absolute atomic E-state index is 0.176. The Morgan fingerprint density at radius 2 is 1.86 bits per heavy atom. The maximum absolute atomic E-state index is 12.6. The molecule has 0 spiro atoms. The molecule has 1 aliphatic rings. The standard InChI is InChI=1S/C11H15ClN2.C8H5F4NO.C6H13N.C2H2/c1-3-6-11(14-4-2)8-5-7-10(12)9-13;9-6-1-5(8(10,11)12)2-7(3-6)13-4-14;1-7-6-4-2-3-5-6;1-2/h3-7,9H,2,8,13H2,1H3;1-4H,(H,13,14);6-7H,2-5H2,1H3;1-2H/b6-3-,7-5-,10-9+,14-11?;;;. The van der Waals surface area contributed by atoms with Crippen molar-refractivity contribution < 1.29 is 22.4 Å². The molecule has 37 heavy (non-hydrogen) atoms. The van der Waals surface area contributed by atoms with E-state index >= 15 is 0 Å². The third-order valence-electron chi connectivity index (χ3n) is 4.59. The Balaban J connectivity index is 0. The van der Waals surface area contributed by atoms with E-state index < -0.39 is 17.6 Å². The lowest BCUT2D eigenvalue weighted by Crippen LogP contribution is -2.20. The Kier molecular flexibility index (Phi) is 21.2. The maximum atomic E-state index is 12.6. The van der Waals surface area contributed by atoms with Gasteiger partial charge in [0.25, 0.3) is 0 Å². The molecule has 0 atom stereocenters. The van der Waals surface area contributed by atoms with Crippen LogP contribution in [0.4, 0.5) is 23.2 Å². The normalized spacial score (nSPS) is 14.1. The van der Waals surface area contributed by atoms with Crippen molar-refractivity contribution in [2.24, 2.45) is 10.7 Å². The fraction of sp³-hybridized carbons (Fsp3) is 0.333. The van der Waals surface area contributed by atoms with Crippen LogP contribution in [-0.2, 0) is 11.0 Å². The Morgan fingerprint density at radius 3 is 2.30 bits per heavy atom. The van der Waals surface area contributed by atoms with Crippen molar-refractivity contribution in [1.82, 2.24) is 5.32 Å². The number of nitrogens with one attached hydrogen (secondary N) is 2. The molecule has 0 radical (unpaired) electrons. The molecule has 0 aliphatic heterocycles. The first-order chi connectivity index (χ1) is 17.6. The van der Waals surface area contributed by atoms with Crippen molar-refractivity contribution in [2.45, 2.75) is 51.2 Å². The van der Waals surface area contributed by atoms with Gasteiger partial charge in [-0.05, 0) is 57.2 Å². The summed E-state index contributed by atoms with van der Waals surface area (Å²) in [6.45, 7) is 5.48. The summed E-state index contributed by atoms with van der Waals surface area (Å²) in [5, 5.41) is 5.72. The molecule has 2 rings (SSSR count). The summed E-state index contributed by atoms with van der Waals surface area (Å²) in [6.07, 6.45) is 20.3. The number of hydrogen-bond donors (Lipinski definition) is 3. The van der Waals surface area contributed by atoms with E-state index in [4.69, 9.17) is 17.3 Å². The van der Waals surface area contributed by atoms with Crippen molar-refractivity contribution >= 4 is 29.4 Å². The van der Waals surface area contributed by atoms with E-state index in [-0.39, 0.29) is 12.1 Å². The van der Waals surface area contributed by atoms with Crippen LogP contribution in [-0.4, -0.2) is 25.2 Å². The molecule has 1 amide bonds. The summed E-state index contributed by atoms with van der Waals surface area (Å²) in [6, 6.07) is 2.65. The van der Waals surface area contributed by atoms with Gasteiger partial charge in [0.05, 0.1) is 10.6 Å². The smallest absolute Gasteiger partial charge is 0.403 e. The van der Waals surface area contributed by atoms with E-state index in [2.05, 4.69) is 36.8 Å². The van der Waals surface area contributed by atoms with Crippen molar-refractivity contribution in [3.63, 3.8) is 0 Å². The molecule has 4 N–H and O–H groups in total. The zero-order valence-electron chi connectivity index (χ0n) is 21.1. The van der Waals surface area contributed by atoms with Gasteiger partial charge in [0.15, 0.2) is 0 Å². The van der Waals surface area contributed by atoms with Gasteiger partial charge in [-0.15, -0.1) is 12.8 Å². The second-order valence-corrected chi connectivity index (χ2v) is 7.66. The average Bonchev–Trinajstić information content (AvgIpc) is 3.40. The molecule has 1 aromatic rings. The molecule has 0 aromatic heterocycles. The molecule has 1 saturated carbocycles. The highest BCUT2D eigenvalue weighted by molar-refractivity contribution is 6.31. The molecule has 1 aliphatic carbocycles. The van der Waals surface area contributed by atoms with Gasteiger partial charge in [0.2, 0.25) is 6.41 Å². The molecule has 10 heteroatoms. The molecule has 1 fully saturated rings. The first-order valence-electron chi connectivity index (χ1n) is 11.2. The van der Waals surface area contributed by atoms with Gasteiger partial charge in [-0.3, -0.25) is 9.79 Å². The SMILES string of the molecule is C#C.C=CN=C(/C=C\C)C/C=C\C(Cl)=C/N.CNC1CCCC1.O=CNc1cc(F)cc(C(F)(F)F)c1.